The minimum absolute atomic E-state index is 0.349. The lowest BCUT2D eigenvalue weighted by Crippen LogP contribution is -2.37. The molecule has 2 N–H and O–H groups in total. The highest BCUT2D eigenvalue weighted by Crippen LogP contribution is 2.17. The first-order chi connectivity index (χ1) is 13.0. The van der Waals surface area contributed by atoms with Crippen LogP contribution in [-0.4, -0.2) is 11.8 Å². The number of carbonyl (C=O) groups is 2. The molecule has 3 aromatic rings. The molecule has 0 saturated heterocycles. The lowest BCUT2D eigenvalue weighted by Gasteiger charge is -2.19. The van der Waals surface area contributed by atoms with E-state index in [9.17, 15) is 14.0 Å². The van der Waals surface area contributed by atoms with Gasteiger partial charge in [0.15, 0.2) is 0 Å². The Morgan fingerprint density at radius 1 is 0.852 bits per heavy atom. The van der Waals surface area contributed by atoms with Crippen LogP contribution in [0, 0.1) is 12.7 Å². The van der Waals surface area contributed by atoms with Crippen molar-refractivity contribution in [2.75, 3.05) is 5.32 Å². The minimum atomic E-state index is -0.884. The molecule has 1 atom stereocenters. The van der Waals surface area contributed by atoms with Gasteiger partial charge in [-0.25, -0.2) is 4.39 Å². The summed E-state index contributed by atoms with van der Waals surface area (Å²) in [5.41, 5.74) is 2.61. The summed E-state index contributed by atoms with van der Waals surface area (Å²) < 4.78 is 13.1. The molecule has 3 aromatic carbocycles. The maximum Gasteiger partial charge on any atom is 0.252 e. The van der Waals surface area contributed by atoms with E-state index in [1.54, 1.807) is 36.4 Å². The van der Waals surface area contributed by atoms with Gasteiger partial charge in [-0.3, -0.25) is 9.59 Å². The van der Waals surface area contributed by atoms with Gasteiger partial charge in [0, 0.05) is 11.3 Å². The molecule has 0 aromatic heterocycles. The molecule has 0 spiro atoms. The van der Waals surface area contributed by atoms with E-state index in [-0.39, 0.29) is 11.7 Å². The second-order valence-corrected chi connectivity index (χ2v) is 6.18. The highest BCUT2D eigenvalue weighted by molar-refractivity contribution is 6.01. The average molecular weight is 362 g/mol. The Morgan fingerprint density at radius 3 is 2.11 bits per heavy atom. The van der Waals surface area contributed by atoms with Gasteiger partial charge in [-0.1, -0.05) is 48.0 Å². The molecule has 5 heteroatoms. The molecule has 3 rings (SSSR count). The van der Waals surface area contributed by atoms with Crippen LogP contribution in [0.25, 0.3) is 0 Å². The summed E-state index contributed by atoms with van der Waals surface area (Å²) in [6, 6.07) is 20.6. The van der Waals surface area contributed by atoms with Crippen LogP contribution < -0.4 is 10.6 Å². The number of benzene rings is 3. The van der Waals surface area contributed by atoms with Gasteiger partial charge >= 0.3 is 0 Å². The third kappa shape index (κ3) is 4.79. The first kappa shape index (κ1) is 18.3. The quantitative estimate of drug-likeness (QED) is 0.713. The van der Waals surface area contributed by atoms with Crippen LogP contribution in [0.2, 0.25) is 0 Å². The van der Waals surface area contributed by atoms with E-state index < -0.39 is 11.9 Å². The number of hydrogen-bond acceptors (Lipinski definition) is 2. The first-order valence-corrected chi connectivity index (χ1v) is 8.52. The summed E-state index contributed by atoms with van der Waals surface area (Å²) in [5, 5.41) is 5.49. The molecular weight excluding hydrogens is 343 g/mol. The summed E-state index contributed by atoms with van der Waals surface area (Å²) in [7, 11) is 0. The Morgan fingerprint density at radius 2 is 1.48 bits per heavy atom. The third-order valence-corrected chi connectivity index (χ3v) is 4.10. The molecule has 0 aliphatic rings. The number of amides is 2. The van der Waals surface area contributed by atoms with E-state index in [4.69, 9.17) is 0 Å². The molecule has 0 saturated carbocycles. The second kappa shape index (κ2) is 8.27. The highest BCUT2D eigenvalue weighted by atomic mass is 19.1. The second-order valence-electron chi connectivity index (χ2n) is 6.18. The fourth-order valence-corrected chi connectivity index (χ4v) is 2.61. The molecule has 0 radical (unpaired) electrons. The van der Waals surface area contributed by atoms with Crippen LogP contribution in [0.4, 0.5) is 10.1 Å². The number of halogens is 1. The molecule has 0 heterocycles. The van der Waals surface area contributed by atoms with Crippen LogP contribution in [0.15, 0.2) is 78.9 Å². The molecule has 4 nitrogen and oxygen atoms in total. The van der Waals surface area contributed by atoms with Gasteiger partial charge in [0.05, 0.1) is 0 Å². The normalized spacial score (nSPS) is 11.5. The van der Waals surface area contributed by atoms with Crippen molar-refractivity contribution in [3.63, 3.8) is 0 Å². The fourth-order valence-electron chi connectivity index (χ4n) is 2.61. The lowest BCUT2D eigenvalue weighted by atomic mass is 10.0. The standard InChI is InChI=1S/C22H19FN2O2/c1-15-7-9-17(10-8-15)21(26)25-20(16-5-3-2-4-6-16)22(27)24-19-13-11-18(23)12-14-19/h2-14,20H,1H3,(H,24,27)(H,25,26)/t20-/m1/s1. The van der Waals surface area contributed by atoms with Crippen LogP contribution in [0.5, 0.6) is 0 Å². The summed E-state index contributed by atoms with van der Waals surface area (Å²) in [6.45, 7) is 1.94. The summed E-state index contributed by atoms with van der Waals surface area (Å²) in [6.07, 6.45) is 0. The molecule has 136 valence electrons. The monoisotopic (exact) mass is 362 g/mol. The molecule has 0 aliphatic carbocycles. The Kier molecular flexibility index (Phi) is 5.61. The molecule has 2 amide bonds. The maximum atomic E-state index is 13.1. The van der Waals surface area contributed by atoms with E-state index in [2.05, 4.69) is 10.6 Å². The van der Waals surface area contributed by atoms with E-state index in [0.29, 0.717) is 16.8 Å². The molecular formula is C22H19FN2O2. The lowest BCUT2D eigenvalue weighted by molar-refractivity contribution is -0.118. The van der Waals surface area contributed by atoms with Gasteiger partial charge in [-0.15, -0.1) is 0 Å². The van der Waals surface area contributed by atoms with Gasteiger partial charge in [0.2, 0.25) is 0 Å². The predicted molar refractivity (Wildman–Crippen MR) is 103 cm³/mol. The van der Waals surface area contributed by atoms with Gasteiger partial charge in [-0.05, 0) is 48.9 Å². The Labute approximate surface area is 157 Å². The number of rotatable bonds is 5. The van der Waals surface area contributed by atoms with Crippen molar-refractivity contribution in [3.8, 4) is 0 Å². The van der Waals surface area contributed by atoms with Crippen molar-refractivity contribution in [1.29, 1.82) is 0 Å². The predicted octanol–water partition coefficient (Wildman–Crippen LogP) is 4.24. The summed E-state index contributed by atoms with van der Waals surface area (Å²) >= 11 is 0. The van der Waals surface area contributed by atoms with Crippen molar-refractivity contribution < 1.29 is 14.0 Å². The zero-order valence-electron chi connectivity index (χ0n) is 14.8. The SMILES string of the molecule is Cc1ccc(C(=O)N[C@@H](C(=O)Nc2ccc(F)cc2)c2ccccc2)cc1. The van der Waals surface area contributed by atoms with Crippen molar-refractivity contribution in [1.82, 2.24) is 5.32 Å². The topological polar surface area (TPSA) is 58.2 Å². The van der Waals surface area contributed by atoms with Crippen molar-refractivity contribution in [2.24, 2.45) is 0 Å². The maximum absolute atomic E-state index is 13.1. The number of nitrogens with one attached hydrogen (secondary N) is 2. The Bertz CT molecular complexity index is 923. The zero-order valence-corrected chi connectivity index (χ0v) is 14.8. The van der Waals surface area contributed by atoms with E-state index in [1.807, 2.05) is 25.1 Å². The molecule has 0 unspecified atom stereocenters. The number of aryl methyl sites for hydroxylation is 1. The smallest absolute Gasteiger partial charge is 0.252 e. The third-order valence-electron chi connectivity index (χ3n) is 4.10. The van der Waals surface area contributed by atoms with Gasteiger partial charge < -0.3 is 10.6 Å². The Balaban J connectivity index is 1.82. The van der Waals surface area contributed by atoms with Crippen LogP contribution in [0.1, 0.15) is 27.5 Å². The molecule has 0 aliphatic heterocycles. The molecule has 0 fully saturated rings. The Hall–Kier alpha value is -3.47. The average Bonchev–Trinajstić information content (AvgIpc) is 2.69. The van der Waals surface area contributed by atoms with E-state index >= 15 is 0 Å². The van der Waals surface area contributed by atoms with Gasteiger partial charge in [-0.2, -0.15) is 0 Å². The van der Waals surface area contributed by atoms with Crippen LogP contribution >= 0.6 is 0 Å². The fraction of sp³-hybridized carbons (Fsp3) is 0.0909. The van der Waals surface area contributed by atoms with Crippen LogP contribution in [0.3, 0.4) is 0 Å². The van der Waals surface area contributed by atoms with Crippen LogP contribution in [-0.2, 0) is 4.79 Å². The van der Waals surface area contributed by atoms with Crippen molar-refractivity contribution in [3.05, 3.63) is 101 Å². The van der Waals surface area contributed by atoms with Crippen molar-refractivity contribution >= 4 is 17.5 Å². The highest BCUT2D eigenvalue weighted by Gasteiger charge is 2.23. The summed E-state index contributed by atoms with van der Waals surface area (Å²) in [5.74, 6) is -1.15. The summed E-state index contributed by atoms with van der Waals surface area (Å²) in [4.78, 5) is 25.4. The van der Waals surface area contributed by atoms with E-state index in [1.165, 1.54) is 24.3 Å². The number of carbonyl (C=O) groups excluding carboxylic acids is 2. The zero-order chi connectivity index (χ0) is 19.2. The first-order valence-electron chi connectivity index (χ1n) is 8.52. The number of hydrogen-bond donors (Lipinski definition) is 2. The molecule has 27 heavy (non-hydrogen) atoms. The van der Waals surface area contributed by atoms with Crippen molar-refractivity contribution in [2.45, 2.75) is 13.0 Å². The van der Waals surface area contributed by atoms with E-state index in [0.717, 1.165) is 5.56 Å². The largest absolute Gasteiger partial charge is 0.336 e. The minimum Gasteiger partial charge on any atom is -0.336 e. The molecule has 0 bridgehead atoms. The van der Waals surface area contributed by atoms with Gasteiger partial charge in [0.1, 0.15) is 11.9 Å². The number of anilines is 1. The van der Waals surface area contributed by atoms with Gasteiger partial charge in [0.25, 0.3) is 11.8 Å².